The van der Waals surface area contributed by atoms with E-state index in [0.29, 0.717) is 69.4 Å². The van der Waals surface area contributed by atoms with Crippen LogP contribution in [-0.2, 0) is 20.4 Å². The topological polar surface area (TPSA) is 81.2 Å². The number of nitrogens with zero attached hydrogens (tertiary/aromatic N) is 4. The van der Waals surface area contributed by atoms with Crippen LogP contribution >= 0.6 is 0 Å². The molecule has 3 saturated heterocycles. The van der Waals surface area contributed by atoms with Gasteiger partial charge in [-0.15, -0.1) is 0 Å². The van der Waals surface area contributed by atoms with Gasteiger partial charge >= 0.3 is 0 Å². The molecule has 0 saturated carbocycles. The Hall–Kier alpha value is -0.260. The van der Waals surface area contributed by atoms with Crippen LogP contribution in [0.2, 0.25) is 0 Å². The van der Waals surface area contributed by atoms with E-state index in [1.165, 1.54) is 8.61 Å². The molecule has 0 bridgehead atoms. The smallest absolute Gasteiger partial charge is 0.195 e. The molecule has 170 valence electrons. The minimum absolute atomic E-state index is 0.222. The Bertz CT molecular complexity index is 689. The zero-order chi connectivity index (χ0) is 21.4. The molecule has 0 aliphatic carbocycles. The van der Waals surface area contributed by atoms with Gasteiger partial charge < -0.3 is 0 Å². The van der Waals surface area contributed by atoms with Crippen LogP contribution in [0.5, 0.6) is 0 Å². The first kappa shape index (κ1) is 23.4. The second-order valence-electron chi connectivity index (χ2n) is 9.69. The summed E-state index contributed by atoms with van der Waals surface area (Å²) in [6.45, 7) is 11.8. The molecule has 0 spiro atoms. The number of piperidine rings is 2. The zero-order valence-electron chi connectivity index (χ0n) is 18.3. The maximum atomic E-state index is 13.2. The maximum Gasteiger partial charge on any atom is 0.282 e. The van der Waals surface area contributed by atoms with Crippen LogP contribution in [0, 0.1) is 23.7 Å². The van der Waals surface area contributed by atoms with Gasteiger partial charge in [-0.3, -0.25) is 0 Å². The van der Waals surface area contributed by atoms with Gasteiger partial charge in [-0.25, -0.2) is 0 Å². The highest BCUT2D eigenvalue weighted by Gasteiger charge is 2.39. The molecule has 0 aromatic heterocycles. The molecule has 0 radical (unpaired) electrons. The highest BCUT2D eigenvalue weighted by atomic mass is 32.2. The minimum Gasteiger partial charge on any atom is -0.195 e. The van der Waals surface area contributed by atoms with E-state index in [2.05, 4.69) is 27.7 Å². The molecular weight excluding hydrogens is 412 g/mol. The van der Waals surface area contributed by atoms with Crippen molar-refractivity contribution in [3.63, 3.8) is 0 Å². The molecule has 3 rings (SSSR count). The third kappa shape index (κ3) is 5.33. The number of hydrogen-bond acceptors (Lipinski definition) is 4. The molecule has 10 heteroatoms. The predicted octanol–water partition coefficient (Wildman–Crippen LogP) is 1.44. The summed E-state index contributed by atoms with van der Waals surface area (Å²) in [6, 6.07) is 0. The molecule has 0 aromatic carbocycles. The van der Waals surface area contributed by atoms with Crippen LogP contribution in [0.1, 0.15) is 47.0 Å². The first-order chi connectivity index (χ1) is 13.5. The van der Waals surface area contributed by atoms with Gasteiger partial charge in [0.2, 0.25) is 0 Å². The van der Waals surface area contributed by atoms with E-state index in [1.54, 1.807) is 8.61 Å². The first-order valence-electron chi connectivity index (χ1n) is 11.0. The van der Waals surface area contributed by atoms with Gasteiger partial charge in [0.05, 0.1) is 0 Å². The monoisotopic (exact) mass is 450 g/mol. The standard InChI is InChI=1S/C19H38N4O4S2/c1-16-10-17(2)13-22(12-16)28(24,25)20-6-5-7-21(9-8-20)29(26,27)23-14-18(3)11-19(4)15-23/h16-19H,5-15H2,1-4H3. The van der Waals surface area contributed by atoms with E-state index in [-0.39, 0.29) is 13.1 Å². The summed E-state index contributed by atoms with van der Waals surface area (Å²) in [5.41, 5.74) is 0. The van der Waals surface area contributed by atoms with Gasteiger partial charge in [0.25, 0.3) is 20.4 Å². The summed E-state index contributed by atoms with van der Waals surface area (Å²) >= 11 is 0. The lowest BCUT2D eigenvalue weighted by atomic mass is 9.94. The Morgan fingerprint density at radius 3 is 1.14 bits per heavy atom. The van der Waals surface area contributed by atoms with E-state index in [9.17, 15) is 16.8 Å². The molecule has 3 aliphatic heterocycles. The van der Waals surface area contributed by atoms with Crippen molar-refractivity contribution in [2.75, 3.05) is 52.4 Å². The number of rotatable bonds is 4. The molecular formula is C19H38N4O4S2. The van der Waals surface area contributed by atoms with Crippen molar-refractivity contribution in [3.8, 4) is 0 Å². The van der Waals surface area contributed by atoms with E-state index < -0.39 is 20.4 Å². The molecule has 0 N–H and O–H groups in total. The summed E-state index contributed by atoms with van der Waals surface area (Å²) in [5.74, 6) is 1.39. The fraction of sp³-hybridized carbons (Fsp3) is 1.00. The van der Waals surface area contributed by atoms with Crippen LogP contribution in [0.4, 0.5) is 0 Å². The maximum absolute atomic E-state index is 13.2. The van der Waals surface area contributed by atoms with Gasteiger partial charge in [-0.2, -0.15) is 34.1 Å². The molecule has 3 heterocycles. The fourth-order valence-electron chi connectivity index (χ4n) is 5.25. The summed E-state index contributed by atoms with van der Waals surface area (Å²) in [5, 5.41) is 0. The van der Waals surface area contributed by atoms with Gasteiger partial charge in [0.1, 0.15) is 0 Å². The van der Waals surface area contributed by atoms with Crippen LogP contribution < -0.4 is 0 Å². The van der Waals surface area contributed by atoms with E-state index in [4.69, 9.17) is 0 Å². The third-order valence-electron chi connectivity index (χ3n) is 6.39. The summed E-state index contributed by atoms with van der Waals surface area (Å²) < 4.78 is 59.0. The van der Waals surface area contributed by atoms with Crippen LogP contribution in [-0.4, -0.2) is 86.4 Å². The van der Waals surface area contributed by atoms with E-state index in [1.807, 2.05) is 0 Å². The number of hydrogen-bond donors (Lipinski definition) is 0. The van der Waals surface area contributed by atoms with Crippen molar-refractivity contribution in [1.82, 2.24) is 17.2 Å². The lowest BCUT2D eigenvalue weighted by Crippen LogP contribution is -2.52. The van der Waals surface area contributed by atoms with Crippen molar-refractivity contribution >= 4 is 20.4 Å². The van der Waals surface area contributed by atoms with Crippen LogP contribution in [0.3, 0.4) is 0 Å². The molecule has 0 amide bonds. The fourth-order valence-corrected chi connectivity index (χ4v) is 9.02. The van der Waals surface area contributed by atoms with Gasteiger partial charge in [-0.1, -0.05) is 27.7 Å². The van der Waals surface area contributed by atoms with Crippen molar-refractivity contribution in [2.24, 2.45) is 23.7 Å². The predicted molar refractivity (Wildman–Crippen MR) is 115 cm³/mol. The van der Waals surface area contributed by atoms with Crippen LogP contribution in [0.25, 0.3) is 0 Å². The Labute approximate surface area is 177 Å². The lowest BCUT2D eigenvalue weighted by molar-refractivity contribution is 0.206. The second-order valence-corrected chi connectivity index (χ2v) is 13.6. The van der Waals surface area contributed by atoms with Crippen molar-refractivity contribution < 1.29 is 16.8 Å². The highest BCUT2D eigenvalue weighted by molar-refractivity contribution is 7.87. The largest absolute Gasteiger partial charge is 0.282 e. The Morgan fingerprint density at radius 2 is 0.828 bits per heavy atom. The average molecular weight is 451 g/mol. The molecule has 0 aromatic rings. The summed E-state index contributed by atoms with van der Waals surface area (Å²) in [6.07, 6.45) is 2.62. The van der Waals surface area contributed by atoms with E-state index in [0.717, 1.165) is 12.8 Å². The summed E-state index contributed by atoms with van der Waals surface area (Å²) in [7, 11) is -7.11. The second kappa shape index (κ2) is 9.08. The minimum atomic E-state index is -3.55. The highest BCUT2D eigenvalue weighted by Crippen LogP contribution is 2.27. The van der Waals surface area contributed by atoms with Gasteiger partial charge in [0.15, 0.2) is 0 Å². The van der Waals surface area contributed by atoms with E-state index >= 15 is 0 Å². The SMILES string of the molecule is CC1CC(C)CN(S(=O)(=O)N2CCCN(S(=O)(=O)N3CC(C)CC(C)C3)CC2)C1. The molecule has 4 unspecified atom stereocenters. The normalized spacial score (nSPS) is 35.4. The zero-order valence-corrected chi connectivity index (χ0v) is 20.0. The molecule has 3 aliphatic rings. The Kier molecular flexibility index (Phi) is 7.33. The summed E-state index contributed by atoms with van der Waals surface area (Å²) in [4.78, 5) is 0. The van der Waals surface area contributed by atoms with Gasteiger partial charge in [-0.05, 0) is 42.9 Å². The molecule has 8 nitrogen and oxygen atoms in total. The quantitative estimate of drug-likeness (QED) is 0.649. The molecule has 29 heavy (non-hydrogen) atoms. The van der Waals surface area contributed by atoms with Crippen molar-refractivity contribution in [1.29, 1.82) is 0 Å². The van der Waals surface area contributed by atoms with Crippen molar-refractivity contribution in [2.45, 2.75) is 47.0 Å². The van der Waals surface area contributed by atoms with Gasteiger partial charge in [0, 0.05) is 52.4 Å². The van der Waals surface area contributed by atoms with Crippen LogP contribution in [0.15, 0.2) is 0 Å². The molecule has 3 fully saturated rings. The molecule has 4 atom stereocenters. The third-order valence-corrected chi connectivity index (χ3v) is 10.3. The lowest BCUT2D eigenvalue weighted by Gasteiger charge is -2.37. The Balaban J connectivity index is 1.68. The Morgan fingerprint density at radius 1 is 0.517 bits per heavy atom. The average Bonchev–Trinajstić information content (AvgIpc) is 2.87. The first-order valence-corrected chi connectivity index (χ1v) is 13.8. The van der Waals surface area contributed by atoms with Crippen molar-refractivity contribution in [3.05, 3.63) is 0 Å².